The number of nitrogens with zero attached hydrogens (tertiary/aromatic N) is 4. The Hall–Kier alpha value is -1.82. The second-order valence-corrected chi connectivity index (χ2v) is 5.63. The highest BCUT2D eigenvalue weighted by molar-refractivity contribution is 7.99. The molecule has 1 heterocycles. The summed E-state index contributed by atoms with van der Waals surface area (Å²) >= 11 is 1.54. The molecular formula is C14H19N5S. The normalized spacial score (nSPS) is 10.4. The molecule has 0 aliphatic carbocycles. The lowest BCUT2D eigenvalue weighted by Gasteiger charge is -2.12. The van der Waals surface area contributed by atoms with Crippen LogP contribution in [0.4, 0.5) is 11.9 Å². The number of hydrogen-bond donors (Lipinski definition) is 1. The second kappa shape index (κ2) is 6.56. The van der Waals surface area contributed by atoms with Gasteiger partial charge >= 0.3 is 0 Å². The third-order valence-electron chi connectivity index (χ3n) is 2.54. The van der Waals surface area contributed by atoms with Gasteiger partial charge in [0, 0.05) is 25.5 Å². The molecule has 6 heteroatoms. The molecule has 0 fully saturated rings. The maximum atomic E-state index is 4.47. The van der Waals surface area contributed by atoms with Gasteiger partial charge in [-0.3, -0.25) is 0 Å². The maximum Gasteiger partial charge on any atom is 0.230 e. The van der Waals surface area contributed by atoms with E-state index in [2.05, 4.69) is 45.4 Å². The summed E-state index contributed by atoms with van der Waals surface area (Å²) in [5.74, 6) is 1.27. The minimum atomic E-state index is 0.612. The monoisotopic (exact) mass is 289 g/mol. The van der Waals surface area contributed by atoms with E-state index in [0.29, 0.717) is 17.1 Å². The molecule has 0 saturated heterocycles. The van der Waals surface area contributed by atoms with E-state index in [1.807, 2.05) is 32.0 Å². The molecule has 0 unspecified atom stereocenters. The molecule has 1 N–H and O–H groups in total. The smallest absolute Gasteiger partial charge is 0.230 e. The van der Waals surface area contributed by atoms with Crippen LogP contribution in [0, 0.1) is 6.92 Å². The first-order chi connectivity index (χ1) is 9.58. The summed E-state index contributed by atoms with van der Waals surface area (Å²) in [5.41, 5.74) is 1.23. The Morgan fingerprint density at radius 1 is 1.20 bits per heavy atom. The third-order valence-corrected chi connectivity index (χ3v) is 3.39. The summed E-state index contributed by atoms with van der Waals surface area (Å²) in [6, 6.07) is 8.30. The number of aryl methyl sites for hydroxylation is 1. The fourth-order valence-corrected chi connectivity index (χ4v) is 2.47. The summed E-state index contributed by atoms with van der Waals surface area (Å²) in [6.07, 6.45) is 0. The van der Waals surface area contributed by atoms with E-state index >= 15 is 0 Å². The largest absolute Gasteiger partial charge is 0.354 e. The van der Waals surface area contributed by atoms with E-state index < -0.39 is 0 Å². The molecule has 1 aromatic carbocycles. The number of aromatic nitrogens is 3. The standard InChI is InChI=1S/C14H19N5S/c1-5-15-12-16-13(19(3)4)18-14(17-12)20-11-8-6-7-10(2)9-11/h6-9H,5H2,1-4H3,(H,15,16,17,18). The van der Waals surface area contributed by atoms with Crippen LogP contribution >= 0.6 is 11.8 Å². The molecule has 0 spiro atoms. The Labute approximate surface area is 123 Å². The first-order valence-corrected chi connectivity index (χ1v) is 7.32. The molecule has 0 saturated carbocycles. The van der Waals surface area contributed by atoms with E-state index in [1.165, 1.54) is 5.56 Å². The topological polar surface area (TPSA) is 53.9 Å². The summed E-state index contributed by atoms with van der Waals surface area (Å²) in [7, 11) is 3.85. The Morgan fingerprint density at radius 2 is 2.00 bits per heavy atom. The number of anilines is 2. The highest BCUT2D eigenvalue weighted by atomic mass is 32.2. The van der Waals surface area contributed by atoms with Gasteiger partial charge in [-0.15, -0.1) is 0 Å². The molecule has 2 rings (SSSR count). The zero-order chi connectivity index (χ0) is 14.5. The van der Waals surface area contributed by atoms with Crippen LogP contribution in [-0.2, 0) is 0 Å². The van der Waals surface area contributed by atoms with Gasteiger partial charge in [0.15, 0.2) is 5.16 Å². The summed E-state index contributed by atoms with van der Waals surface area (Å²) in [5, 5.41) is 3.84. The summed E-state index contributed by atoms with van der Waals surface area (Å²) < 4.78 is 0. The van der Waals surface area contributed by atoms with Gasteiger partial charge in [0.1, 0.15) is 0 Å². The van der Waals surface area contributed by atoms with Crippen molar-refractivity contribution in [1.29, 1.82) is 0 Å². The zero-order valence-corrected chi connectivity index (χ0v) is 13.0. The minimum Gasteiger partial charge on any atom is -0.354 e. The van der Waals surface area contributed by atoms with Gasteiger partial charge in [-0.1, -0.05) is 17.7 Å². The third kappa shape index (κ3) is 3.84. The molecule has 0 aliphatic rings. The molecular weight excluding hydrogens is 270 g/mol. The lowest BCUT2D eigenvalue weighted by atomic mass is 10.2. The molecule has 0 aliphatic heterocycles. The highest BCUT2D eigenvalue weighted by Crippen LogP contribution is 2.26. The van der Waals surface area contributed by atoms with Crippen molar-refractivity contribution in [3.05, 3.63) is 29.8 Å². The van der Waals surface area contributed by atoms with Crippen molar-refractivity contribution in [3.8, 4) is 0 Å². The van der Waals surface area contributed by atoms with E-state index in [9.17, 15) is 0 Å². The van der Waals surface area contributed by atoms with Gasteiger partial charge in [-0.2, -0.15) is 15.0 Å². The first kappa shape index (κ1) is 14.6. The van der Waals surface area contributed by atoms with Crippen molar-refractivity contribution in [2.45, 2.75) is 23.9 Å². The number of hydrogen-bond acceptors (Lipinski definition) is 6. The van der Waals surface area contributed by atoms with Gasteiger partial charge < -0.3 is 10.2 Å². The fraction of sp³-hybridized carbons (Fsp3) is 0.357. The average molecular weight is 289 g/mol. The van der Waals surface area contributed by atoms with Crippen LogP contribution in [0.3, 0.4) is 0 Å². The van der Waals surface area contributed by atoms with Crippen LogP contribution in [0.1, 0.15) is 12.5 Å². The number of benzene rings is 1. The van der Waals surface area contributed by atoms with Gasteiger partial charge in [0.2, 0.25) is 11.9 Å². The van der Waals surface area contributed by atoms with Crippen LogP contribution in [0.2, 0.25) is 0 Å². The number of rotatable bonds is 5. The Morgan fingerprint density at radius 3 is 2.65 bits per heavy atom. The van der Waals surface area contributed by atoms with Crippen LogP contribution in [0.25, 0.3) is 0 Å². The first-order valence-electron chi connectivity index (χ1n) is 6.50. The fourth-order valence-electron chi connectivity index (χ4n) is 1.61. The predicted octanol–water partition coefficient (Wildman–Crippen LogP) is 2.83. The molecule has 106 valence electrons. The van der Waals surface area contributed by atoms with Crippen LogP contribution in [0.15, 0.2) is 34.3 Å². The second-order valence-electron chi connectivity index (χ2n) is 4.58. The van der Waals surface area contributed by atoms with Gasteiger partial charge in [-0.25, -0.2) is 0 Å². The van der Waals surface area contributed by atoms with Crippen molar-refractivity contribution in [2.75, 3.05) is 30.9 Å². The molecule has 0 atom stereocenters. The van der Waals surface area contributed by atoms with Crippen molar-refractivity contribution < 1.29 is 0 Å². The van der Waals surface area contributed by atoms with Gasteiger partial charge in [-0.05, 0) is 37.7 Å². The van der Waals surface area contributed by atoms with Crippen LogP contribution in [0.5, 0.6) is 0 Å². The Bertz CT molecular complexity index is 586. The Balaban J connectivity index is 2.30. The molecule has 1 aromatic heterocycles. The molecule has 5 nitrogen and oxygen atoms in total. The van der Waals surface area contributed by atoms with Crippen molar-refractivity contribution >= 4 is 23.7 Å². The quantitative estimate of drug-likeness (QED) is 0.913. The average Bonchev–Trinajstić information content (AvgIpc) is 2.38. The van der Waals surface area contributed by atoms with Crippen LogP contribution in [-0.4, -0.2) is 35.6 Å². The van der Waals surface area contributed by atoms with E-state index in [1.54, 1.807) is 11.8 Å². The molecule has 0 amide bonds. The molecule has 0 radical (unpaired) electrons. The SMILES string of the molecule is CCNc1nc(Sc2cccc(C)c2)nc(N(C)C)n1. The van der Waals surface area contributed by atoms with Crippen molar-refractivity contribution in [1.82, 2.24) is 15.0 Å². The minimum absolute atomic E-state index is 0.612. The van der Waals surface area contributed by atoms with Crippen LogP contribution < -0.4 is 10.2 Å². The molecule has 0 bridgehead atoms. The Kier molecular flexibility index (Phi) is 4.79. The van der Waals surface area contributed by atoms with E-state index in [-0.39, 0.29) is 0 Å². The lowest BCUT2D eigenvalue weighted by Crippen LogP contribution is -2.15. The predicted molar refractivity (Wildman–Crippen MR) is 83.6 cm³/mol. The van der Waals surface area contributed by atoms with Crippen molar-refractivity contribution in [3.63, 3.8) is 0 Å². The van der Waals surface area contributed by atoms with E-state index in [4.69, 9.17) is 0 Å². The summed E-state index contributed by atoms with van der Waals surface area (Å²) in [6.45, 7) is 4.88. The highest BCUT2D eigenvalue weighted by Gasteiger charge is 2.09. The number of nitrogens with one attached hydrogen (secondary N) is 1. The zero-order valence-electron chi connectivity index (χ0n) is 12.2. The summed E-state index contributed by atoms with van der Waals surface area (Å²) in [4.78, 5) is 16.3. The molecule has 2 aromatic rings. The van der Waals surface area contributed by atoms with Crippen molar-refractivity contribution in [2.24, 2.45) is 0 Å². The van der Waals surface area contributed by atoms with Gasteiger partial charge in [0.25, 0.3) is 0 Å². The maximum absolute atomic E-state index is 4.47. The van der Waals surface area contributed by atoms with Gasteiger partial charge in [0.05, 0.1) is 0 Å². The lowest BCUT2D eigenvalue weighted by molar-refractivity contribution is 0.864. The van der Waals surface area contributed by atoms with E-state index in [0.717, 1.165) is 11.4 Å². The molecule has 20 heavy (non-hydrogen) atoms.